The molecule has 5 rings (SSSR count). The quantitative estimate of drug-likeness (QED) is 0.352. The Bertz CT molecular complexity index is 1720. The summed E-state index contributed by atoms with van der Waals surface area (Å²) in [5.74, 6) is 0. The van der Waals surface area contributed by atoms with Crippen LogP contribution < -0.4 is 5.69 Å². The van der Waals surface area contributed by atoms with E-state index in [1.165, 1.54) is 27.5 Å². The van der Waals surface area contributed by atoms with Crippen molar-refractivity contribution in [2.75, 3.05) is 0 Å². The number of aromatic nitrogens is 4. The van der Waals surface area contributed by atoms with Crippen molar-refractivity contribution in [2.45, 2.75) is 19.5 Å². The van der Waals surface area contributed by atoms with Gasteiger partial charge in [0.15, 0.2) is 0 Å². The van der Waals surface area contributed by atoms with E-state index in [1.807, 2.05) is 19.1 Å². The summed E-state index contributed by atoms with van der Waals surface area (Å²) in [6, 6.07) is 14.0. The van der Waals surface area contributed by atoms with Crippen molar-refractivity contribution < 1.29 is 13.2 Å². The van der Waals surface area contributed by atoms with E-state index < -0.39 is 17.4 Å². The van der Waals surface area contributed by atoms with Gasteiger partial charge in [-0.25, -0.2) is 9.78 Å². The normalized spacial score (nSPS) is 11.8. The number of nitrogens with zero attached hydrogens (tertiary/aromatic N) is 5. The lowest BCUT2D eigenvalue weighted by Crippen LogP contribution is -2.21. The zero-order chi connectivity index (χ0) is 24.9. The topological polar surface area (TPSA) is 76.5 Å². The number of benzene rings is 2. The standard InChI is InChI=1S/C26H18F3N5O/c1-3-15-9-19(22(12-30)31-13-15)16-7-8-21-20(10-16)24-23(14-32-21)33(2)25(35)34(24)18-6-4-5-17(11-18)26(27,28)29/h4-11,13-14H,3H2,1-2H3. The Morgan fingerprint density at radius 3 is 2.57 bits per heavy atom. The van der Waals surface area contributed by atoms with Crippen molar-refractivity contribution in [2.24, 2.45) is 7.05 Å². The number of hydrogen-bond donors (Lipinski definition) is 0. The van der Waals surface area contributed by atoms with Gasteiger partial charge in [-0.2, -0.15) is 18.4 Å². The lowest BCUT2D eigenvalue weighted by atomic mass is 9.99. The van der Waals surface area contributed by atoms with Gasteiger partial charge in [0.25, 0.3) is 0 Å². The van der Waals surface area contributed by atoms with Crippen LogP contribution in [-0.2, 0) is 19.6 Å². The third-order valence-electron chi connectivity index (χ3n) is 6.08. The zero-order valence-corrected chi connectivity index (χ0v) is 18.8. The van der Waals surface area contributed by atoms with Crippen LogP contribution >= 0.6 is 0 Å². The van der Waals surface area contributed by atoms with E-state index >= 15 is 0 Å². The van der Waals surface area contributed by atoms with Crippen molar-refractivity contribution in [3.05, 3.63) is 88.2 Å². The first-order valence-electron chi connectivity index (χ1n) is 10.8. The average molecular weight is 473 g/mol. The molecule has 174 valence electrons. The highest BCUT2D eigenvalue weighted by molar-refractivity contribution is 6.04. The molecule has 0 fully saturated rings. The maximum Gasteiger partial charge on any atom is 0.416 e. The third kappa shape index (κ3) is 3.64. The highest BCUT2D eigenvalue weighted by Crippen LogP contribution is 2.33. The van der Waals surface area contributed by atoms with Crippen LogP contribution in [0.1, 0.15) is 23.7 Å². The summed E-state index contributed by atoms with van der Waals surface area (Å²) in [5.41, 5.74) is 2.75. The first kappa shape index (κ1) is 22.3. The Labute approximate surface area is 197 Å². The number of halogens is 3. The fourth-order valence-electron chi connectivity index (χ4n) is 4.24. The van der Waals surface area contributed by atoms with Crippen LogP contribution in [0.2, 0.25) is 0 Å². The number of imidazole rings is 1. The van der Waals surface area contributed by atoms with E-state index in [2.05, 4.69) is 16.0 Å². The maximum atomic E-state index is 13.4. The molecule has 0 radical (unpaired) electrons. The second kappa shape index (κ2) is 8.09. The molecule has 0 spiro atoms. The van der Waals surface area contributed by atoms with Gasteiger partial charge >= 0.3 is 11.9 Å². The van der Waals surface area contributed by atoms with Gasteiger partial charge in [-0.15, -0.1) is 0 Å². The highest BCUT2D eigenvalue weighted by Gasteiger charge is 2.31. The Balaban J connectivity index is 1.85. The second-order valence-electron chi connectivity index (χ2n) is 8.15. The first-order chi connectivity index (χ1) is 16.7. The Morgan fingerprint density at radius 2 is 1.86 bits per heavy atom. The molecule has 5 aromatic rings. The lowest BCUT2D eigenvalue weighted by molar-refractivity contribution is -0.137. The van der Waals surface area contributed by atoms with E-state index in [4.69, 9.17) is 0 Å². The molecule has 0 saturated carbocycles. The maximum absolute atomic E-state index is 13.4. The minimum atomic E-state index is -4.55. The van der Waals surface area contributed by atoms with Crippen LogP contribution in [-0.4, -0.2) is 19.1 Å². The van der Waals surface area contributed by atoms with Crippen LogP contribution in [0.5, 0.6) is 0 Å². The van der Waals surface area contributed by atoms with Gasteiger partial charge < -0.3 is 0 Å². The first-order valence-corrected chi connectivity index (χ1v) is 10.8. The second-order valence-corrected chi connectivity index (χ2v) is 8.15. The van der Waals surface area contributed by atoms with Gasteiger partial charge in [0.1, 0.15) is 11.8 Å². The molecule has 0 atom stereocenters. The van der Waals surface area contributed by atoms with Crippen molar-refractivity contribution in [3.63, 3.8) is 0 Å². The summed E-state index contributed by atoms with van der Waals surface area (Å²) in [4.78, 5) is 21.9. The van der Waals surface area contributed by atoms with E-state index in [0.717, 1.165) is 24.1 Å². The fraction of sp³-hybridized carbons (Fsp3) is 0.154. The van der Waals surface area contributed by atoms with E-state index in [0.29, 0.717) is 33.1 Å². The van der Waals surface area contributed by atoms with Crippen molar-refractivity contribution in [3.8, 4) is 22.9 Å². The molecule has 3 aromatic heterocycles. The van der Waals surface area contributed by atoms with Gasteiger partial charge in [0, 0.05) is 24.2 Å². The molecule has 0 unspecified atom stereocenters. The number of rotatable bonds is 3. The van der Waals surface area contributed by atoms with Gasteiger partial charge in [-0.3, -0.25) is 14.1 Å². The predicted octanol–water partition coefficient (Wildman–Crippen LogP) is 5.39. The SMILES string of the molecule is CCc1cnc(C#N)c(-c2ccc3ncc4c(c3c2)n(-c2cccc(C(F)(F)F)c2)c(=O)n4C)c1. The van der Waals surface area contributed by atoms with Crippen LogP contribution in [0, 0.1) is 11.3 Å². The minimum absolute atomic E-state index is 0.0979. The molecule has 0 amide bonds. The molecule has 0 N–H and O–H groups in total. The zero-order valence-electron chi connectivity index (χ0n) is 18.8. The summed E-state index contributed by atoms with van der Waals surface area (Å²) >= 11 is 0. The summed E-state index contributed by atoms with van der Waals surface area (Å²) in [6.07, 6.45) is -0.626. The van der Waals surface area contributed by atoms with Crippen LogP contribution in [0.3, 0.4) is 0 Å². The van der Waals surface area contributed by atoms with Gasteiger partial charge in [0.05, 0.1) is 34.0 Å². The number of nitriles is 1. The predicted molar refractivity (Wildman–Crippen MR) is 126 cm³/mol. The lowest BCUT2D eigenvalue weighted by Gasteiger charge is -2.11. The number of hydrogen-bond acceptors (Lipinski definition) is 4. The fourth-order valence-corrected chi connectivity index (χ4v) is 4.24. The molecular formula is C26H18F3N5O. The molecule has 0 aliphatic heterocycles. The van der Waals surface area contributed by atoms with Gasteiger partial charge in [0.2, 0.25) is 0 Å². The van der Waals surface area contributed by atoms with Gasteiger partial charge in [-0.1, -0.05) is 19.1 Å². The van der Waals surface area contributed by atoms with E-state index in [9.17, 15) is 23.2 Å². The van der Waals surface area contributed by atoms with Crippen molar-refractivity contribution in [1.82, 2.24) is 19.1 Å². The molecular weight excluding hydrogens is 455 g/mol. The summed E-state index contributed by atoms with van der Waals surface area (Å²) in [5, 5.41) is 10.2. The molecule has 0 saturated heterocycles. The molecule has 3 heterocycles. The number of aryl methyl sites for hydroxylation is 2. The molecule has 2 aromatic carbocycles. The number of pyridine rings is 2. The Kier molecular flexibility index (Phi) is 5.17. The monoisotopic (exact) mass is 473 g/mol. The van der Waals surface area contributed by atoms with Crippen LogP contribution in [0.4, 0.5) is 13.2 Å². The Hall–Kier alpha value is -4.45. The van der Waals surface area contributed by atoms with Gasteiger partial charge in [-0.05, 0) is 53.9 Å². The molecule has 0 bridgehead atoms. The number of alkyl halides is 3. The molecule has 0 aliphatic carbocycles. The molecule has 0 aliphatic rings. The molecule has 35 heavy (non-hydrogen) atoms. The molecule has 9 heteroatoms. The van der Waals surface area contributed by atoms with Crippen LogP contribution in [0.25, 0.3) is 38.8 Å². The third-order valence-corrected chi connectivity index (χ3v) is 6.08. The van der Waals surface area contributed by atoms with E-state index in [1.54, 1.807) is 25.4 Å². The summed E-state index contributed by atoms with van der Waals surface area (Å²) < 4.78 is 42.8. The summed E-state index contributed by atoms with van der Waals surface area (Å²) in [7, 11) is 1.55. The van der Waals surface area contributed by atoms with Crippen molar-refractivity contribution in [1.29, 1.82) is 5.26 Å². The summed E-state index contributed by atoms with van der Waals surface area (Å²) in [6.45, 7) is 1.98. The molecule has 6 nitrogen and oxygen atoms in total. The smallest absolute Gasteiger partial charge is 0.293 e. The average Bonchev–Trinajstić information content (AvgIpc) is 3.13. The van der Waals surface area contributed by atoms with E-state index in [-0.39, 0.29) is 11.4 Å². The Morgan fingerprint density at radius 1 is 1.06 bits per heavy atom. The van der Waals surface area contributed by atoms with Crippen LogP contribution in [0.15, 0.2) is 65.7 Å². The highest BCUT2D eigenvalue weighted by atomic mass is 19.4. The van der Waals surface area contributed by atoms with Crippen molar-refractivity contribution >= 4 is 21.9 Å². The number of fused-ring (bicyclic) bond motifs is 3. The minimum Gasteiger partial charge on any atom is -0.293 e. The largest absolute Gasteiger partial charge is 0.416 e.